The maximum atomic E-state index is 13.1. The highest BCUT2D eigenvalue weighted by atomic mass is 16.5. The van der Waals surface area contributed by atoms with Gasteiger partial charge in [-0.1, -0.05) is 42.5 Å². The van der Waals surface area contributed by atoms with Crippen molar-refractivity contribution < 1.29 is 24.2 Å². The topological polar surface area (TPSA) is 79.3 Å². The molecular formula is C29H30N2O5. The fourth-order valence-corrected chi connectivity index (χ4v) is 4.16. The second-order valence-electron chi connectivity index (χ2n) is 8.87. The van der Waals surface area contributed by atoms with Crippen LogP contribution in [0.5, 0.6) is 11.5 Å². The molecule has 1 aliphatic heterocycles. The second kappa shape index (κ2) is 11.1. The number of rotatable bonds is 9. The lowest BCUT2D eigenvalue weighted by molar-refractivity contribution is -0.140. The molecule has 1 atom stereocenters. The normalized spacial score (nSPS) is 17.0. The highest BCUT2D eigenvalue weighted by Crippen LogP contribution is 2.39. The quantitative estimate of drug-likeness (QED) is 0.277. The first-order valence-electron chi connectivity index (χ1n) is 11.7. The van der Waals surface area contributed by atoms with Crippen molar-refractivity contribution in [2.24, 2.45) is 0 Å². The summed E-state index contributed by atoms with van der Waals surface area (Å²) in [6, 6.07) is 23.2. The van der Waals surface area contributed by atoms with Crippen LogP contribution in [0.15, 0.2) is 84.4 Å². The monoisotopic (exact) mass is 486 g/mol. The van der Waals surface area contributed by atoms with Crippen LogP contribution >= 0.6 is 0 Å². The van der Waals surface area contributed by atoms with Crippen molar-refractivity contribution in [1.29, 1.82) is 0 Å². The number of Topliss-reactive ketones (excluding diaryl/α,β-unsaturated/α-hetero) is 1. The molecular weight excluding hydrogens is 456 g/mol. The van der Waals surface area contributed by atoms with Crippen molar-refractivity contribution in [3.05, 3.63) is 101 Å². The van der Waals surface area contributed by atoms with Crippen LogP contribution in [0.3, 0.4) is 0 Å². The van der Waals surface area contributed by atoms with E-state index in [0.29, 0.717) is 36.8 Å². The first kappa shape index (κ1) is 25.0. The first-order valence-corrected chi connectivity index (χ1v) is 11.7. The molecule has 1 aliphatic rings. The Morgan fingerprint density at radius 3 is 2.17 bits per heavy atom. The fraction of sp³-hybridized carbons (Fsp3) is 0.241. The highest BCUT2D eigenvalue weighted by molar-refractivity contribution is 6.46. The number of likely N-dealkylation sites (tertiary alicyclic amines) is 1. The number of methoxy groups -OCH3 is 1. The number of hydrogen-bond acceptors (Lipinski definition) is 6. The van der Waals surface area contributed by atoms with E-state index in [-0.39, 0.29) is 11.3 Å². The van der Waals surface area contributed by atoms with E-state index < -0.39 is 17.7 Å². The van der Waals surface area contributed by atoms with Crippen molar-refractivity contribution in [2.75, 3.05) is 34.3 Å². The molecule has 4 rings (SSSR count). The summed E-state index contributed by atoms with van der Waals surface area (Å²) in [4.78, 5) is 29.6. The summed E-state index contributed by atoms with van der Waals surface area (Å²) in [6.45, 7) is 1.34. The smallest absolute Gasteiger partial charge is 0.295 e. The van der Waals surface area contributed by atoms with Crippen LogP contribution in [-0.4, -0.2) is 60.9 Å². The standard InChI is InChI=1S/C29H30N2O5/c1-30(2)17-18-31-26(21-9-15-24(16-10-21)36-19-20-7-5-4-6-8-20)25(28(33)29(31)34)27(32)22-11-13-23(35-3)14-12-22/h4-16,26,32H,17-19H2,1-3H3. The number of aliphatic hydroxyl groups is 1. The Morgan fingerprint density at radius 2 is 1.56 bits per heavy atom. The van der Waals surface area contributed by atoms with Gasteiger partial charge in [-0.15, -0.1) is 0 Å². The summed E-state index contributed by atoms with van der Waals surface area (Å²) in [5.74, 6) is -0.237. The molecule has 0 radical (unpaired) electrons. The van der Waals surface area contributed by atoms with Gasteiger partial charge < -0.3 is 24.4 Å². The molecule has 36 heavy (non-hydrogen) atoms. The highest BCUT2D eigenvalue weighted by Gasteiger charge is 2.45. The third kappa shape index (κ3) is 5.42. The molecule has 0 aliphatic carbocycles. The zero-order valence-electron chi connectivity index (χ0n) is 20.7. The summed E-state index contributed by atoms with van der Waals surface area (Å²) in [5, 5.41) is 11.2. The Morgan fingerprint density at radius 1 is 0.917 bits per heavy atom. The molecule has 7 heteroatoms. The average molecular weight is 487 g/mol. The molecule has 3 aromatic carbocycles. The summed E-state index contributed by atoms with van der Waals surface area (Å²) >= 11 is 0. The molecule has 3 aromatic rings. The Labute approximate surface area is 211 Å². The summed E-state index contributed by atoms with van der Waals surface area (Å²) in [5.41, 5.74) is 2.28. The minimum absolute atomic E-state index is 0.0712. The number of benzene rings is 3. The third-order valence-corrected chi connectivity index (χ3v) is 6.14. The predicted molar refractivity (Wildman–Crippen MR) is 138 cm³/mol. The van der Waals surface area contributed by atoms with E-state index in [1.807, 2.05) is 73.6 Å². The summed E-state index contributed by atoms with van der Waals surface area (Å²) in [7, 11) is 5.36. The van der Waals surface area contributed by atoms with Crippen LogP contribution in [0.25, 0.3) is 5.76 Å². The van der Waals surface area contributed by atoms with Gasteiger partial charge in [0.15, 0.2) is 0 Å². The third-order valence-electron chi connectivity index (χ3n) is 6.14. The summed E-state index contributed by atoms with van der Waals surface area (Å²) < 4.78 is 11.1. The van der Waals surface area contributed by atoms with Crippen LogP contribution < -0.4 is 9.47 Å². The zero-order valence-corrected chi connectivity index (χ0v) is 20.7. The lowest BCUT2D eigenvalue weighted by atomic mass is 9.95. The molecule has 186 valence electrons. The number of ketones is 1. The van der Waals surface area contributed by atoms with Gasteiger partial charge >= 0.3 is 0 Å². The number of likely N-dealkylation sites (N-methyl/N-ethyl adjacent to an activating group) is 1. The number of ether oxygens (including phenoxy) is 2. The van der Waals surface area contributed by atoms with Crippen LogP contribution in [-0.2, 0) is 16.2 Å². The molecule has 1 saturated heterocycles. The Kier molecular flexibility index (Phi) is 7.71. The molecule has 0 spiro atoms. The van der Waals surface area contributed by atoms with E-state index in [4.69, 9.17) is 9.47 Å². The maximum absolute atomic E-state index is 13.1. The number of carbonyl (C=O) groups excluding carboxylic acids is 2. The van der Waals surface area contributed by atoms with E-state index in [1.165, 1.54) is 4.90 Å². The maximum Gasteiger partial charge on any atom is 0.295 e. The predicted octanol–water partition coefficient (Wildman–Crippen LogP) is 4.26. The van der Waals surface area contributed by atoms with Crippen molar-refractivity contribution in [3.8, 4) is 11.5 Å². The van der Waals surface area contributed by atoms with Gasteiger partial charge in [0.05, 0.1) is 18.7 Å². The molecule has 0 aromatic heterocycles. The van der Waals surface area contributed by atoms with Gasteiger partial charge in [0.1, 0.15) is 23.9 Å². The largest absolute Gasteiger partial charge is 0.507 e. The number of nitrogens with zero attached hydrogens (tertiary/aromatic N) is 2. The van der Waals surface area contributed by atoms with E-state index in [2.05, 4.69) is 0 Å². The average Bonchev–Trinajstić information content (AvgIpc) is 3.16. The van der Waals surface area contributed by atoms with Gasteiger partial charge in [0.2, 0.25) is 0 Å². The van der Waals surface area contributed by atoms with Crippen LogP contribution in [0.2, 0.25) is 0 Å². The Balaban J connectivity index is 1.67. The Bertz CT molecular complexity index is 1230. The number of hydrogen-bond donors (Lipinski definition) is 1. The van der Waals surface area contributed by atoms with Crippen molar-refractivity contribution in [2.45, 2.75) is 12.6 Å². The molecule has 7 nitrogen and oxygen atoms in total. The van der Waals surface area contributed by atoms with E-state index >= 15 is 0 Å². The molecule has 0 saturated carbocycles. The van der Waals surface area contributed by atoms with Crippen molar-refractivity contribution >= 4 is 17.4 Å². The Hall–Kier alpha value is -4.10. The molecule has 1 fully saturated rings. The molecule has 1 amide bonds. The molecule has 1 heterocycles. The molecule has 1 unspecified atom stereocenters. The van der Waals surface area contributed by atoms with Gasteiger partial charge in [-0.25, -0.2) is 0 Å². The number of carbonyl (C=O) groups is 2. The number of amides is 1. The van der Waals surface area contributed by atoms with Crippen molar-refractivity contribution in [1.82, 2.24) is 9.80 Å². The van der Waals surface area contributed by atoms with Gasteiger partial charge in [0, 0.05) is 18.7 Å². The van der Waals surface area contributed by atoms with Gasteiger partial charge in [-0.05, 0) is 61.6 Å². The second-order valence-corrected chi connectivity index (χ2v) is 8.87. The minimum atomic E-state index is -0.713. The SMILES string of the molecule is COc1ccc(C(O)=C2C(=O)C(=O)N(CCN(C)C)C2c2ccc(OCc3ccccc3)cc2)cc1. The van der Waals surface area contributed by atoms with E-state index in [9.17, 15) is 14.7 Å². The lowest BCUT2D eigenvalue weighted by Gasteiger charge is -2.26. The van der Waals surface area contributed by atoms with Crippen LogP contribution in [0.1, 0.15) is 22.7 Å². The van der Waals surface area contributed by atoms with E-state index in [0.717, 1.165) is 11.1 Å². The minimum Gasteiger partial charge on any atom is -0.507 e. The fourth-order valence-electron chi connectivity index (χ4n) is 4.16. The van der Waals surface area contributed by atoms with Crippen LogP contribution in [0, 0.1) is 0 Å². The summed E-state index contributed by atoms with van der Waals surface area (Å²) in [6.07, 6.45) is 0. The van der Waals surface area contributed by atoms with E-state index in [1.54, 1.807) is 31.4 Å². The molecule has 0 bridgehead atoms. The van der Waals surface area contributed by atoms with Gasteiger partial charge in [-0.2, -0.15) is 0 Å². The first-order chi connectivity index (χ1) is 17.4. The van der Waals surface area contributed by atoms with Gasteiger partial charge in [0.25, 0.3) is 11.7 Å². The zero-order chi connectivity index (χ0) is 25.7. The molecule has 1 N–H and O–H groups in total. The lowest BCUT2D eigenvalue weighted by Crippen LogP contribution is -2.35. The van der Waals surface area contributed by atoms with Crippen LogP contribution in [0.4, 0.5) is 0 Å². The van der Waals surface area contributed by atoms with Crippen molar-refractivity contribution in [3.63, 3.8) is 0 Å². The van der Waals surface area contributed by atoms with Gasteiger partial charge in [-0.3, -0.25) is 9.59 Å². The number of aliphatic hydroxyl groups excluding tert-OH is 1.